The molecule has 0 aromatic rings. The molecule has 61 heavy (non-hydrogen) atoms. The Kier molecular flexibility index (Phi) is 39.3. The molecule has 0 aliphatic carbocycles. The van der Waals surface area contributed by atoms with Gasteiger partial charge in [-0.1, -0.05) is 163 Å². The summed E-state index contributed by atoms with van der Waals surface area (Å²) in [5.74, 6) is -1.03. The molecule has 0 aliphatic rings. The molecule has 0 aromatic carbocycles. The Hall–Kier alpha value is -2.85. The van der Waals surface area contributed by atoms with Crippen LogP contribution in [0.2, 0.25) is 0 Å². The van der Waals surface area contributed by atoms with E-state index in [1.165, 1.54) is 64.2 Å². The van der Waals surface area contributed by atoms with Gasteiger partial charge in [-0.25, -0.2) is 0 Å². The van der Waals surface area contributed by atoms with Crippen LogP contribution in [0, 0.1) is 0 Å². The van der Waals surface area contributed by atoms with Gasteiger partial charge in [-0.2, -0.15) is 0 Å². The van der Waals surface area contributed by atoms with E-state index in [1.807, 2.05) is 39.4 Å². The summed E-state index contributed by atoms with van der Waals surface area (Å²) in [5, 5.41) is 10.2. The SMILES string of the molecule is CC/C=C\C/C=C\C/C=C\C/C=C\C=C/C(O)C/C=C\CCC(=O)OC[C@H](COP(=O)([O-])OCC[N+](C)(C)C)OC(=O)CCCCCCCCC/C=C\CCCCCCCC. The molecule has 3 atom stereocenters. The first kappa shape index (κ1) is 58.1. The minimum absolute atomic E-state index is 0.0633. The van der Waals surface area contributed by atoms with Gasteiger partial charge in [0.25, 0.3) is 7.82 Å². The van der Waals surface area contributed by atoms with Crippen LogP contribution in [0.1, 0.15) is 162 Å². The lowest BCUT2D eigenvalue weighted by Gasteiger charge is -2.28. The molecule has 0 saturated carbocycles. The molecule has 0 aliphatic heterocycles. The second kappa shape index (κ2) is 41.2. The van der Waals surface area contributed by atoms with E-state index in [0.29, 0.717) is 30.3 Å². The van der Waals surface area contributed by atoms with Crippen molar-refractivity contribution in [3.63, 3.8) is 0 Å². The van der Waals surface area contributed by atoms with Crippen LogP contribution in [0.25, 0.3) is 0 Å². The number of carbonyl (C=O) groups is 2. The van der Waals surface area contributed by atoms with Gasteiger partial charge in [-0.05, 0) is 70.6 Å². The number of esters is 2. The zero-order chi connectivity index (χ0) is 45.1. The fourth-order valence-corrected chi connectivity index (χ4v) is 6.55. The third-order valence-corrected chi connectivity index (χ3v) is 10.5. The maximum absolute atomic E-state index is 12.7. The number of carbonyl (C=O) groups excluding carboxylic acids is 2. The second-order valence-electron chi connectivity index (χ2n) is 16.6. The van der Waals surface area contributed by atoms with Crippen molar-refractivity contribution >= 4 is 19.8 Å². The first-order valence-electron chi connectivity index (χ1n) is 23.4. The Balaban J connectivity index is 4.55. The van der Waals surface area contributed by atoms with Crippen molar-refractivity contribution < 1.29 is 47.2 Å². The van der Waals surface area contributed by atoms with Crippen molar-refractivity contribution in [3.8, 4) is 0 Å². The Morgan fingerprint density at radius 1 is 0.623 bits per heavy atom. The molecule has 0 rings (SSSR count). The van der Waals surface area contributed by atoms with Gasteiger partial charge in [-0.3, -0.25) is 14.2 Å². The summed E-state index contributed by atoms with van der Waals surface area (Å²) in [6.45, 7) is 3.89. The number of allylic oxidation sites excluding steroid dienone is 12. The summed E-state index contributed by atoms with van der Waals surface area (Å²) in [4.78, 5) is 37.6. The van der Waals surface area contributed by atoms with Crippen molar-refractivity contribution in [2.75, 3.05) is 47.5 Å². The lowest BCUT2D eigenvalue weighted by Crippen LogP contribution is -2.37. The van der Waals surface area contributed by atoms with E-state index in [0.717, 1.165) is 51.4 Å². The van der Waals surface area contributed by atoms with Crippen molar-refractivity contribution in [2.24, 2.45) is 0 Å². The minimum atomic E-state index is -4.67. The normalized spacial score (nSPS) is 14.8. The van der Waals surface area contributed by atoms with Crippen LogP contribution in [-0.2, 0) is 32.7 Å². The number of unbranched alkanes of at least 4 members (excludes halogenated alkanes) is 13. The van der Waals surface area contributed by atoms with Gasteiger partial charge in [0, 0.05) is 12.8 Å². The molecule has 0 amide bonds. The standard InChI is InChI=1S/C50H86NO9P/c1-6-8-10-12-14-16-18-20-21-22-23-25-27-29-31-33-37-42-50(54)60-48(46-59-61(55,56)58-44-43-51(3,4)5)45-57-49(53)41-38-34-36-40-47(52)39-35-32-30-28-26-24-19-17-15-13-11-9-7-2/h9,11,15,17,20-21,24,26,30,32,34-36,39,47-48,52H,6-8,10,12-14,16,18-19,22-23,25,27-29,31,33,37-38,40-46H2,1-5H3/b11-9-,17-15-,21-20-,26-24-,32-30-,36-34-,39-35-/t47?,48-/m1/s1. The highest BCUT2D eigenvalue weighted by Gasteiger charge is 2.21. The molecular formula is C50H86NO9P. The monoisotopic (exact) mass is 876 g/mol. The summed E-state index contributed by atoms with van der Waals surface area (Å²) in [5.41, 5.74) is 0. The van der Waals surface area contributed by atoms with E-state index in [-0.39, 0.29) is 26.1 Å². The van der Waals surface area contributed by atoms with E-state index in [9.17, 15) is 24.2 Å². The lowest BCUT2D eigenvalue weighted by molar-refractivity contribution is -0.870. The number of quaternary nitrogens is 1. The lowest BCUT2D eigenvalue weighted by atomic mass is 10.1. The number of nitrogens with zero attached hydrogens (tertiary/aromatic N) is 1. The molecule has 0 bridgehead atoms. The van der Waals surface area contributed by atoms with Gasteiger partial charge in [0.2, 0.25) is 0 Å². The molecular weight excluding hydrogens is 790 g/mol. The smallest absolute Gasteiger partial charge is 0.306 e. The van der Waals surface area contributed by atoms with Gasteiger partial charge < -0.3 is 33.0 Å². The first-order chi connectivity index (χ1) is 29.4. The Morgan fingerprint density at radius 3 is 1.79 bits per heavy atom. The number of rotatable bonds is 41. The zero-order valence-corrected chi connectivity index (χ0v) is 39.8. The van der Waals surface area contributed by atoms with E-state index in [4.69, 9.17) is 18.5 Å². The van der Waals surface area contributed by atoms with Gasteiger partial charge in [0.15, 0.2) is 6.10 Å². The Labute approximate surface area is 372 Å². The topological polar surface area (TPSA) is 131 Å². The molecule has 0 aromatic heterocycles. The molecule has 1 N–H and O–H groups in total. The molecule has 0 heterocycles. The first-order valence-corrected chi connectivity index (χ1v) is 24.9. The van der Waals surface area contributed by atoms with Gasteiger partial charge >= 0.3 is 11.9 Å². The van der Waals surface area contributed by atoms with Crippen molar-refractivity contribution in [1.29, 1.82) is 0 Å². The van der Waals surface area contributed by atoms with E-state index < -0.39 is 38.6 Å². The highest BCUT2D eigenvalue weighted by Crippen LogP contribution is 2.38. The van der Waals surface area contributed by atoms with Crippen LogP contribution in [0.3, 0.4) is 0 Å². The highest BCUT2D eigenvalue weighted by atomic mass is 31.2. The maximum atomic E-state index is 12.7. The maximum Gasteiger partial charge on any atom is 0.306 e. The summed E-state index contributed by atoms with van der Waals surface area (Å²) >= 11 is 0. The average Bonchev–Trinajstić information content (AvgIpc) is 3.21. The number of phosphoric ester groups is 1. The fraction of sp³-hybridized carbons (Fsp3) is 0.680. The minimum Gasteiger partial charge on any atom is -0.756 e. The summed E-state index contributed by atoms with van der Waals surface area (Å²) in [6, 6.07) is 0. The predicted octanol–water partition coefficient (Wildman–Crippen LogP) is 11.9. The molecule has 10 nitrogen and oxygen atoms in total. The van der Waals surface area contributed by atoms with E-state index in [1.54, 1.807) is 18.2 Å². The quantitative estimate of drug-likeness (QED) is 0.0159. The molecule has 0 saturated heterocycles. The van der Waals surface area contributed by atoms with Crippen LogP contribution in [0.5, 0.6) is 0 Å². The summed E-state index contributed by atoms with van der Waals surface area (Å²) < 4.78 is 33.8. The van der Waals surface area contributed by atoms with E-state index in [2.05, 4.69) is 62.5 Å². The fourth-order valence-electron chi connectivity index (χ4n) is 5.82. The van der Waals surface area contributed by atoms with Gasteiger partial charge in [-0.15, -0.1) is 0 Å². The summed E-state index contributed by atoms with van der Waals surface area (Å²) in [7, 11) is 1.06. The average molecular weight is 876 g/mol. The van der Waals surface area contributed by atoms with Gasteiger partial charge in [0.05, 0.1) is 33.9 Å². The molecule has 350 valence electrons. The Bertz CT molecular complexity index is 1330. The van der Waals surface area contributed by atoms with Crippen LogP contribution in [0.4, 0.5) is 0 Å². The molecule has 0 spiro atoms. The third kappa shape index (κ3) is 45.0. The predicted molar refractivity (Wildman–Crippen MR) is 251 cm³/mol. The van der Waals surface area contributed by atoms with Gasteiger partial charge in [0.1, 0.15) is 19.8 Å². The van der Waals surface area contributed by atoms with Crippen LogP contribution >= 0.6 is 7.82 Å². The van der Waals surface area contributed by atoms with E-state index >= 15 is 0 Å². The highest BCUT2D eigenvalue weighted by molar-refractivity contribution is 7.45. The number of aliphatic hydroxyl groups is 1. The van der Waals surface area contributed by atoms with Crippen LogP contribution in [-0.4, -0.2) is 81.2 Å². The second-order valence-corrected chi connectivity index (χ2v) is 18.0. The molecule has 2 unspecified atom stereocenters. The Morgan fingerprint density at radius 2 is 1.18 bits per heavy atom. The number of aliphatic hydroxyl groups excluding tert-OH is 1. The van der Waals surface area contributed by atoms with Crippen LogP contribution < -0.4 is 4.89 Å². The van der Waals surface area contributed by atoms with Crippen molar-refractivity contribution in [3.05, 3.63) is 85.1 Å². The van der Waals surface area contributed by atoms with Crippen molar-refractivity contribution in [2.45, 2.75) is 174 Å². The number of hydrogen-bond donors (Lipinski definition) is 1. The molecule has 11 heteroatoms. The van der Waals surface area contributed by atoms with Crippen molar-refractivity contribution in [1.82, 2.24) is 0 Å². The van der Waals surface area contributed by atoms with Crippen LogP contribution in [0.15, 0.2) is 85.1 Å². The number of likely N-dealkylation sites (N-methyl/N-ethyl adjacent to an activating group) is 1. The largest absolute Gasteiger partial charge is 0.756 e. The summed E-state index contributed by atoms with van der Waals surface area (Å²) in [6.07, 6.45) is 49.3. The molecule has 0 fully saturated rings. The number of hydrogen-bond acceptors (Lipinski definition) is 9. The number of ether oxygens (including phenoxy) is 2. The molecule has 0 radical (unpaired) electrons. The third-order valence-electron chi connectivity index (χ3n) is 9.49. The number of phosphoric acid groups is 1. The zero-order valence-electron chi connectivity index (χ0n) is 38.9.